The fourth-order valence-corrected chi connectivity index (χ4v) is 2.08. The minimum atomic E-state index is -0.200. The van der Waals surface area contributed by atoms with Crippen molar-refractivity contribution in [1.29, 1.82) is 0 Å². The molecule has 0 saturated heterocycles. The van der Waals surface area contributed by atoms with Crippen LogP contribution in [0.15, 0.2) is 12.1 Å². The third kappa shape index (κ3) is 3.12. The summed E-state index contributed by atoms with van der Waals surface area (Å²) in [7, 11) is 1.39. The second-order valence-corrected chi connectivity index (χ2v) is 4.49. The Morgan fingerprint density at radius 1 is 1.64 bits per heavy atom. The summed E-state index contributed by atoms with van der Waals surface area (Å²) in [5, 5.41) is 0. The van der Waals surface area contributed by atoms with Gasteiger partial charge in [-0.2, -0.15) is 0 Å². The predicted molar refractivity (Wildman–Crippen MR) is 57.2 cm³/mol. The molecule has 2 N–H and O–H groups in total. The first-order valence-electron chi connectivity index (χ1n) is 4.52. The van der Waals surface area contributed by atoms with Crippen LogP contribution in [0.2, 0.25) is 0 Å². The lowest BCUT2D eigenvalue weighted by atomic mass is 10.1. The normalized spacial score (nSPS) is 12.5. The summed E-state index contributed by atoms with van der Waals surface area (Å²) in [6.45, 7) is 2.04. The molecule has 1 atom stereocenters. The topological polar surface area (TPSA) is 52.3 Å². The van der Waals surface area contributed by atoms with E-state index in [-0.39, 0.29) is 12.0 Å². The first-order valence-corrected chi connectivity index (χ1v) is 5.34. The average Bonchev–Trinajstić information content (AvgIpc) is 2.60. The molecule has 1 aromatic heterocycles. The molecule has 0 spiro atoms. The highest BCUT2D eigenvalue weighted by molar-refractivity contribution is 7.12. The summed E-state index contributed by atoms with van der Waals surface area (Å²) in [6, 6.07) is 4.01. The Bertz CT molecular complexity index is 309. The van der Waals surface area contributed by atoms with Crippen LogP contribution in [0.25, 0.3) is 0 Å². The Balaban J connectivity index is 2.42. The molecular weight excluding hydrogens is 198 g/mol. The quantitative estimate of drug-likeness (QED) is 0.778. The van der Waals surface area contributed by atoms with Gasteiger partial charge in [-0.15, -0.1) is 11.3 Å². The van der Waals surface area contributed by atoms with Crippen molar-refractivity contribution in [2.45, 2.75) is 25.8 Å². The second kappa shape index (κ2) is 5.12. The lowest BCUT2D eigenvalue weighted by molar-refractivity contribution is -0.140. The lowest BCUT2D eigenvalue weighted by Gasteiger charge is -2.07. The molecule has 0 aliphatic heterocycles. The van der Waals surface area contributed by atoms with Crippen LogP contribution in [0.1, 0.15) is 28.6 Å². The molecule has 4 heteroatoms. The van der Waals surface area contributed by atoms with Gasteiger partial charge in [0.15, 0.2) is 0 Å². The third-order valence-corrected chi connectivity index (χ3v) is 3.15. The number of carbonyl (C=O) groups is 1. The summed E-state index contributed by atoms with van der Waals surface area (Å²) in [5.74, 6) is -0.200. The molecule has 0 bridgehead atoms. The van der Waals surface area contributed by atoms with E-state index in [1.54, 1.807) is 11.3 Å². The van der Waals surface area contributed by atoms with Crippen molar-refractivity contribution < 1.29 is 9.53 Å². The van der Waals surface area contributed by atoms with E-state index < -0.39 is 0 Å². The Morgan fingerprint density at radius 3 is 2.86 bits per heavy atom. The molecule has 1 aromatic rings. The number of hydrogen-bond donors (Lipinski definition) is 1. The van der Waals surface area contributed by atoms with Gasteiger partial charge in [0, 0.05) is 22.2 Å². The Labute approximate surface area is 87.9 Å². The van der Waals surface area contributed by atoms with E-state index >= 15 is 0 Å². The minimum absolute atomic E-state index is 0.0483. The number of thiophene rings is 1. The third-order valence-electron chi connectivity index (χ3n) is 2.01. The SMILES string of the molecule is COC(=O)CCC(N)c1ccc(C)s1. The van der Waals surface area contributed by atoms with Gasteiger partial charge in [0.1, 0.15) is 0 Å². The number of rotatable bonds is 4. The summed E-state index contributed by atoms with van der Waals surface area (Å²) in [5.41, 5.74) is 5.91. The molecule has 1 heterocycles. The van der Waals surface area contributed by atoms with Gasteiger partial charge in [-0.05, 0) is 25.5 Å². The van der Waals surface area contributed by atoms with Gasteiger partial charge in [-0.3, -0.25) is 4.79 Å². The molecule has 0 aliphatic rings. The number of methoxy groups -OCH3 is 1. The maximum Gasteiger partial charge on any atom is 0.305 e. The van der Waals surface area contributed by atoms with Crippen molar-refractivity contribution in [2.24, 2.45) is 5.73 Å². The molecule has 0 radical (unpaired) electrons. The molecule has 0 fully saturated rings. The summed E-state index contributed by atoms with van der Waals surface area (Å²) >= 11 is 1.68. The van der Waals surface area contributed by atoms with Gasteiger partial charge in [0.05, 0.1) is 7.11 Å². The molecule has 0 aliphatic carbocycles. The van der Waals surface area contributed by atoms with Crippen molar-refractivity contribution >= 4 is 17.3 Å². The van der Waals surface area contributed by atoms with Crippen LogP contribution in [0.3, 0.4) is 0 Å². The maximum absolute atomic E-state index is 10.9. The monoisotopic (exact) mass is 213 g/mol. The van der Waals surface area contributed by atoms with E-state index in [0.717, 1.165) is 4.88 Å². The van der Waals surface area contributed by atoms with Crippen molar-refractivity contribution in [3.8, 4) is 0 Å². The smallest absolute Gasteiger partial charge is 0.305 e. The number of carbonyl (C=O) groups excluding carboxylic acids is 1. The predicted octanol–water partition coefficient (Wildman–Crippen LogP) is 2.01. The standard InChI is InChI=1S/C10H15NO2S/c1-7-3-5-9(14-7)8(11)4-6-10(12)13-2/h3,5,8H,4,6,11H2,1-2H3. The van der Waals surface area contributed by atoms with Crippen LogP contribution < -0.4 is 5.73 Å². The van der Waals surface area contributed by atoms with E-state index in [2.05, 4.69) is 4.74 Å². The first kappa shape index (κ1) is 11.2. The second-order valence-electron chi connectivity index (χ2n) is 3.17. The molecule has 0 amide bonds. The molecule has 0 aromatic carbocycles. The van der Waals surface area contributed by atoms with Crippen LogP contribution in [-0.2, 0) is 9.53 Å². The fraction of sp³-hybridized carbons (Fsp3) is 0.500. The molecule has 0 saturated carbocycles. The maximum atomic E-state index is 10.9. The zero-order valence-electron chi connectivity index (χ0n) is 8.45. The van der Waals surface area contributed by atoms with E-state index in [9.17, 15) is 4.79 Å². The van der Waals surface area contributed by atoms with E-state index in [1.807, 2.05) is 19.1 Å². The Hall–Kier alpha value is -0.870. The summed E-state index contributed by atoms with van der Waals surface area (Å²) in [4.78, 5) is 13.3. The highest BCUT2D eigenvalue weighted by atomic mass is 32.1. The Kier molecular flexibility index (Phi) is 4.10. The first-order chi connectivity index (χ1) is 6.63. The van der Waals surface area contributed by atoms with Crippen LogP contribution in [0.5, 0.6) is 0 Å². The highest BCUT2D eigenvalue weighted by Crippen LogP contribution is 2.24. The average molecular weight is 213 g/mol. The van der Waals surface area contributed by atoms with Gasteiger partial charge >= 0.3 is 5.97 Å². The van der Waals surface area contributed by atoms with E-state index in [0.29, 0.717) is 12.8 Å². The van der Waals surface area contributed by atoms with Crippen molar-refractivity contribution in [3.05, 3.63) is 21.9 Å². The summed E-state index contributed by atoms with van der Waals surface area (Å²) < 4.78 is 4.55. The molecule has 14 heavy (non-hydrogen) atoms. The van der Waals surface area contributed by atoms with Gasteiger partial charge in [-0.1, -0.05) is 0 Å². The largest absolute Gasteiger partial charge is 0.469 e. The van der Waals surface area contributed by atoms with Crippen molar-refractivity contribution in [1.82, 2.24) is 0 Å². The fourth-order valence-electron chi connectivity index (χ4n) is 1.17. The Morgan fingerprint density at radius 2 is 2.36 bits per heavy atom. The van der Waals surface area contributed by atoms with Gasteiger partial charge in [0.2, 0.25) is 0 Å². The van der Waals surface area contributed by atoms with Gasteiger partial charge in [-0.25, -0.2) is 0 Å². The van der Waals surface area contributed by atoms with E-state index in [4.69, 9.17) is 5.73 Å². The van der Waals surface area contributed by atoms with Gasteiger partial charge < -0.3 is 10.5 Å². The highest BCUT2D eigenvalue weighted by Gasteiger charge is 2.10. The summed E-state index contributed by atoms with van der Waals surface area (Å²) in [6.07, 6.45) is 1.03. The lowest BCUT2D eigenvalue weighted by Crippen LogP contribution is -2.11. The molecule has 1 unspecified atom stereocenters. The van der Waals surface area contributed by atoms with Crippen LogP contribution in [-0.4, -0.2) is 13.1 Å². The number of esters is 1. The number of aryl methyl sites for hydroxylation is 1. The number of ether oxygens (including phenoxy) is 1. The van der Waals surface area contributed by atoms with Gasteiger partial charge in [0.25, 0.3) is 0 Å². The molecule has 1 rings (SSSR count). The zero-order valence-corrected chi connectivity index (χ0v) is 9.26. The van der Waals surface area contributed by atoms with Crippen molar-refractivity contribution in [2.75, 3.05) is 7.11 Å². The number of nitrogens with two attached hydrogens (primary N) is 1. The van der Waals surface area contributed by atoms with Crippen molar-refractivity contribution in [3.63, 3.8) is 0 Å². The zero-order chi connectivity index (χ0) is 10.6. The van der Waals surface area contributed by atoms with Crippen LogP contribution in [0.4, 0.5) is 0 Å². The van der Waals surface area contributed by atoms with Crippen LogP contribution in [0, 0.1) is 6.92 Å². The van der Waals surface area contributed by atoms with Crippen LogP contribution >= 0.6 is 11.3 Å². The molecule has 3 nitrogen and oxygen atoms in total. The minimum Gasteiger partial charge on any atom is -0.469 e. The number of hydrogen-bond acceptors (Lipinski definition) is 4. The van der Waals surface area contributed by atoms with E-state index in [1.165, 1.54) is 12.0 Å². The molecular formula is C10H15NO2S. The molecule has 78 valence electrons.